The highest BCUT2D eigenvalue weighted by molar-refractivity contribution is 5.82. The Morgan fingerprint density at radius 2 is 1.19 bits per heavy atom. The van der Waals surface area contributed by atoms with E-state index in [-0.39, 0.29) is 60.0 Å². The van der Waals surface area contributed by atoms with Crippen LogP contribution in [0.1, 0.15) is 116 Å². The Balaban J connectivity index is 0.000000145. The summed E-state index contributed by atoms with van der Waals surface area (Å²) in [5.74, 6) is -0.594. The van der Waals surface area contributed by atoms with Gasteiger partial charge < -0.3 is 28.8 Å². The van der Waals surface area contributed by atoms with Crippen molar-refractivity contribution in [3.8, 4) is 16.9 Å². The van der Waals surface area contributed by atoms with Gasteiger partial charge in [0.1, 0.15) is 18.0 Å². The molecule has 1 N–H and O–H groups in total. The van der Waals surface area contributed by atoms with Gasteiger partial charge in [-0.25, -0.2) is 0 Å². The van der Waals surface area contributed by atoms with Crippen LogP contribution in [0.4, 0.5) is 0 Å². The molecule has 2 aliphatic carbocycles. The normalized spacial score (nSPS) is 23.8. The van der Waals surface area contributed by atoms with E-state index in [1.165, 1.54) is 16.7 Å². The quantitative estimate of drug-likeness (QED) is 0.166. The summed E-state index contributed by atoms with van der Waals surface area (Å²) in [6, 6.07) is 21.7. The fourth-order valence-corrected chi connectivity index (χ4v) is 7.56. The second-order valence-electron chi connectivity index (χ2n) is 17.8. The third-order valence-electron chi connectivity index (χ3n) is 12.7. The predicted molar refractivity (Wildman–Crippen MR) is 214 cm³/mol. The molecule has 3 aromatic carbocycles. The highest BCUT2D eigenvalue weighted by Crippen LogP contribution is 2.48. The number of rotatable bonds is 9. The molecule has 6 unspecified atom stereocenters. The van der Waals surface area contributed by atoms with Crippen LogP contribution in [0.25, 0.3) is 11.1 Å². The van der Waals surface area contributed by atoms with Crippen molar-refractivity contribution >= 4 is 23.9 Å². The summed E-state index contributed by atoms with van der Waals surface area (Å²) in [5, 5.41) is 9.42. The Bertz CT molecular complexity index is 1950. The molecule has 306 valence electrons. The first-order chi connectivity index (χ1) is 26.9. The van der Waals surface area contributed by atoms with Crippen molar-refractivity contribution in [2.45, 2.75) is 137 Å². The Kier molecular flexibility index (Phi) is 12.0. The molecule has 0 radical (unpaired) electrons. The molecule has 2 bridgehead atoms. The van der Waals surface area contributed by atoms with Crippen LogP contribution in [0, 0.1) is 22.2 Å². The molecule has 5 aliphatic rings. The van der Waals surface area contributed by atoms with E-state index >= 15 is 0 Å². The lowest BCUT2D eigenvalue weighted by molar-refractivity contribution is -0.169. The number of phenolic OH excluding ortho intramolecular Hbond substituents is 1. The van der Waals surface area contributed by atoms with Crippen LogP contribution < -0.4 is 0 Å². The molecule has 3 aromatic rings. The number of carbonyl (C=O) groups excluding carboxylic acids is 4. The van der Waals surface area contributed by atoms with Crippen LogP contribution in [-0.2, 0) is 55.7 Å². The molecule has 0 amide bonds. The molecular weight excluding hydrogens is 725 g/mol. The Morgan fingerprint density at radius 1 is 0.684 bits per heavy atom. The van der Waals surface area contributed by atoms with Crippen LogP contribution >= 0.6 is 0 Å². The van der Waals surface area contributed by atoms with Gasteiger partial charge in [0.15, 0.2) is 18.3 Å². The van der Waals surface area contributed by atoms with E-state index in [4.69, 9.17) is 23.7 Å². The maximum Gasteiger partial charge on any atom is 0.312 e. The van der Waals surface area contributed by atoms with E-state index in [9.17, 15) is 24.3 Å². The van der Waals surface area contributed by atoms with Gasteiger partial charge in [-0.05, 0) is 102 Å². The summed E-state index contributed by atoms with van der Waals surface area (Å²) in [6.07, 6.45) is 2.76. The monoisotopic (exact) mass is 782 g/mol. The first-order valence-corrected chi connectivity index (χ1v) is 20.4. The molecule has 3 fully saturated rings. The Morgan fingerprint density at radius 3 is 1.75 bits per heavy atom. The molecule has 0 aromatic heterocycles. The van der Waals surface area contributed by atoms with Gasteiger partial charge in [0.05, 0.1) is 28.3 Å². The number of hydrogen-bond acceptors (Lipinski definition) is 10. The van der Waals surface area contributed by atoms with Crippen molar-refractivity contribution in [3.63, 3.8) is 0 Å². The minimum atomic E-state index is -0.510. The lowest BCUT2D eigenvalue weighted by Gasteiger charge is -2.27. The van der Waals surface area contributed by atoms with Crippen LogP contribution in [0.3, 0.4) is 0 Å². The predicted octanol–water partition coefficient (Wildman–Crippen LogP) is 8.62. The van der Waals surface area contributed by atoms with E-state index in [2.05, 4.69) is 12.1 Å². The van der Waals surface area contributed by atoms with E-state index in [1.54, 1.807) is 12.1 Å². The lowest BCUT2D eigenvalue weighted by atomic mass is 9.87. The van der Waals surface area contributed by atoms with Gasteiger partial charge in [0, 0.05) is 24.0 Å². The number of phenols is 1. The van der Waals surface area contributed by atoms with Crippen molar-refractivity contribution in [2.24, 2.45) is 22.2 Å². The highest BCUT2D eigenvalue weighted by atomic mass is 16.7. The average molecular weight is 783 g/mol. The second-order valence-corrected chi connectivity index (χ2v) is 17.8. The zero-order valence-electron chi connectivity index (χ0n) is 34.8. The standard InChI is InChI=1S/C19H20O2.C15H20O3.C13H18O5/c1-4-19(2,3)18(20)21-17-15-11-7-5-9-13(15)14-10-6-8-12-16(14)17;1-4-15(2,3)14(17)18-13-8-10-5-6-12(16)7-11(10)9-13;1-4-13(2,3)12(15)18-9-7-5-6-8(16-7)10(9)17-11(6)14/h5-12,17H,4H2,1-3H3;5-7,13,16H,4,8-9H2,1-3H3;6-10H,4-5H2,1-3H3. The number of benzene rings is 3. The molecule has 10 heteroatoms. The number of fused-ring (bicyclic) bond motifs is 5. The SMILES string of the molecule is CCC(C)(C)C(=O)OC1C2CC3C(=O)OC1C3O2.CCC(C)(C)C(=O)OC1Cc2ccc(O)cc2C1.CCC(C)(C)C(=O)OC1c2ccccc2-c2ccccc21. The Labute approximate surface area is 336 Å². The summed E-state index contributed by atoms with van der Waals surface area (Å²) in [6.45, 7) is 17.3. The second kappa shape index (κ2) is 16.3. The molecule has 8 rings (SSSR count). The van der Waals surface area contributed by atoms with Crippen molar-refractivity contribution in [2.75, 3.05) is 0 Å². The summed E-state index contributed by atoms with van der Waals surface area (Å²) in [5.41, 5.74) is 5.37. The van der Waals surface area contributed by atoms with Gasteiger partial charge in [0.2, 0.25) is 0 Å². The summed E-state index contributed by atoms with van der Waals surface area (Å²) in [4.78, 5) is 48.0. The van der Waals surface area contributed by atoms with Crippen molar-refractivity contribution in [1.29, 1.82) is 0 Å². The molecule has 6 atom stereocenters. The van der Waals surface area contributed by atoms with Gasteiger partial charge in [-0.15, -0.1) is 0 Å². The summed E-state index contributed by atoms with van der Waals surface area (Å²) < 4.78 is 27.9. The van der Waals surface area contributed by atoms with E-state index < -0.39 is 28.5 Å². The number of carbonyl (C=O) groups is 4. The molecule has 10 nitrogen and oxygen atoms in total. The van der Waals surface area contributed by atoms with E-state index in [0.29, 0.717) is 19.3 Å². The summed E-state index contributed by atoms with van der Waals surface area (Å²) >= 11 is 0. The molecule has 3 heterocycles. The first kappa shape index (κ1) is 41.9. The van der Waals surface area contributed by atoms with Gasteiger partial charge >= 0.3 is 23.9 Å². The molecule has 57 heavy (non-hydrogen) atoms. The largest absolute Gasteiger partial charge is 0.508 e. The van der Waals surface area contributed by atoms with Gasteiger partial charge in [-0.2, -0.15) is 0 Å². The van der Waals surface area contributed by atoms with Crippen molar-refractivity contribution in [3.05, 3.63) is 89.0 Å². The maximum absolute atomic E-state index is 12.4. The fraction of sp³-hybridized carbons (Fsp3) is 0.532. The van der Waals surface area contributed by atoms with Gasteiger partial charge in [-0.1, -0.05) is 75.4 Å². The van der Waals surface area contributed by atoms with Crippen molar-refractivity contribution < 1.29 is 48.0 Å². The minimum Gasteiger partial charge on any atom is -0.508 e. The first-order valence-electron chi connectivity index (χ1n) is 20.4. The van der Waals surface area contributed by atoms with E-state index in [0.717, 1.165) is 36.0 Å². The number of esters is 4. The smallest absolute Gasteiger partial charge is 0.312 e. The van der Waals surface area contributed by atoms with Crippen LogP contribution in [0.2, 0.25) is 0 Å². The van der Waals surface area contributed by atoms with Gasteiger partial charge in [0.25, 0.3) is 0 Å². The Hall–Kier alpha value is -4.70. The zero-order valence-corrected chi connectivity index (χ0v) is 34.8. The van der Waals surface area contributed by atoms with Gasteiger partial charge in [-0.3, -0.25) is 19.2 Å². The topological polar surface area (TPSA) is 135 Å². The average Bonchev–Trinajstić information content (AvgIpc) is 3.99. The van der Waals surface area contributed by atoms with Crippen LogP contribution in [-0.4, -0.2) is 59.5 Å². The molecule has 0 spiro atoms. The van der Waals surface area contributed by atoms with Crippen LogP contribution in [0.15, 0.2) is 66.7 Å². The fourth-order valence-electron chi connectivity index (χ4n) is 7.56. The van der Waals surface area contributed by atoms with E-state index in [1.807, 2.05) is 105 Å². The van der Waals surface area contributed by atoms with Crippen LogP contribution in [0.5, 0.6) is 5.75 Å². The number of hydrogen-bond donors (Lipinski definition) is 1. The molecule has 0 saturated carbocycles. The lowest BCUT2D eigenvalue weighted by Crippen LogP contribution is -2.42. The third kappa shape index (κ3) is 8.47. The molecule has 3 saturated heterocycles. The minimum absolute atomic E-state index is 0.0832. The molecule has 3 aliphatic heterocycles. The number of aromatic hydroxyl groups is 1. The zero-order chi connectivity index (χ0) is 41.4. The number of ether oxygens (including phenoxy) is 5. The van der Waals surface area contributed by atoms with Crippen molar-refractivity contribution in [1.82, 2.24) is 0 Å². The maximum atomic E-state index is 12.4. The molecular formula is C47H58O10. The highest BCUT2D eigenvalue weighted by Gasteiger charge is 2.65. The summed E-state index contributed by atoms with van der Waals surface area (Å²) in [7, 11) is 0. The third-order valence-corrected chi connectivity index (χ3v) is 12.7.